The van der Waals surface area contributed by atoms with E-state index in [-0.39, 0.29) is 6.09 Å². The van der Waals surface area contributed by atoms with Crippen LogP contribution in [-0.2, 0) is 9.47 Å². The van der Waals surface area contributed by atoms with Crippen molar-refractivity contribution in [2.75, 3.05) is 19.8 Å². The second-order valence-corrected chi connectivity index (χ2v) is 4.43. The van der Waals surface area contributed by atoms with Crippen molar-refractivity contribution in [2.45, 2.75) is 39.7 Å². The molecule has 0 radical (unpaired) electrons. The number of allylic oxidation sites excluding steroid dienone is 1. The number of carbonyl (C=O) groups is 1. The maximum absolute atomic E-state index is 11.2. The van der Waals surface area contributed by atoms with E-state index in [2.05, 4.69) is 5.32 Å². The van der Waals surface area contributed by atoms with Gasteiger partial charge in [0.2, 0.25) is 0 Å². The topological polar surface area (TPSA) is 47.6 Å². The van der Waals surface area contributed by atoms with Crippen molar-refractivity contribution in [2.24, 2.45) is 0 Å². The zero-order chi connectivity index (χ0) is 12.4. The summed E-state index contributed by atoms with van der Waals surface area (Å²) < 4.78 is 10.4. The fourth-order valence-corrected chi connectivity index (χ4v) is 0.926. The molecule has 0 saturated carbocycles. The van der Waals surface area contributed by atoms with E-state index in [4.69, 9.17) is 9.47 Å². The molecule has 0 aliphatic carbocycles. The van der Waals surface area contributed by atoms with Crippen LogP contribution in [0.1, 0.15) is 34.1 Å². The van der Waals surface area contributed by atoms with E-state index in [0.29, 0.717) is 19.8 Å². The van der Waals surface area contributed by atoms with Gasteiger partial charge in [-0.05, 0) is 34.1 Å². The first-order chi connectivity index (χ1) is 7.45. The van der Waals surface area contributed by atoms with Crippen LogP contribution >= 0.6 is 0 Å². The molecular formula is C12H23NO3. The minimum atomic E-state index is -0.438. The van der Waals surface area contributed by atoms with Crippen molar-refractivity contribution in [3.05, 3.63) is 12.2 Å². The van der Waals surface area contributed by atoms with Gasteiger partial charge in [0.1, 0.15) is 5.60 Å². The number of ether oxygens (including phenoxy) is 2. The molecule has 1 N–H and O–H groups in total. The van der Waals surface area contributed by atoms with Gasteiger partial charge >= 0.3 is 6.09 Å². The molecule has 0 saturated heterocycles. The monoisotopic (exact) mass is 229 g/mol. The highest BCUT2D eigenvalue weighted by atomic mass is 16.6. The summed E-state index contributed by atoms with van der Waals surface area (Å²) in [5, 5.41) is 2.67. The molecule has 94 valence electrons. The molecule has 4 heteroatoms. The minimum Gasteiger partial charge on any atom is -0.444 e. The molecule has 0 heterocycles. The van der Waals surface area contributed by atoms with Crippen LogP contribution in [0.5, 0.6) is 0 Å². The Balaban J connectivity index is 3.35. The van der Waals surface area contributed by atoms with E-state index in [1.54, 1.807) is 0 Å². The summed E-state index contributed by atoms with van der Waals surface area (Å²) in [6.07, 6.45) is 4.30. The third kappa shape index (κ3) is 11.0. The summed E-state index contributed by atoms with van der Waals surface area (Å²) in [5.74, 6) is 0. The number of rotatable bonds is 6. The predicted octanol–water partition coefficient (Wildman–Crippen LogP) is 2.49. The van der Waals surface area contributed by atoms with Crippen LogP contribution in [0.4, 0.5) is 4.79 Å². The van der Waals surface area contributed by atoms with Crippen molar-refractivity contribution in [1.82, 2.24) is 5.32 Å². The van der Waals surface area contributed by atoms with Gasteiger partial charge in [0.15, 0.2) is 0 Å². The first-order valence-corrected chi connectivity index (χ1v) is 5.61. The third-order valence-electron chi connectivity index (χ3n) is 1.58. The third-order valence-corrected chi connectivity index (χ3v) is 1.58. The Morgan fingerprint density at radius 3 is 2.62 bits per heavy atom. The number of amides is 1. The second kappa shape index (κ2) is 8.16. The van der Waals surface area contributed by atoms with Gasteiger partial charge in [0.05, 0.1) is 6.61 Å². The molecule has 0 fully saturated rings. The molecule has 0 aliphatic rings. The van der Waals surface area contributed by atoms with Gasteiger partial charge in [-0.1, -0.05) is 12.2 Å². The quantitative estimate of drug-likeness (QED) is 0.562. The fraction of sp³-hybridized carbons (Fsp3) is 0.750. The van der Waals surface area contributed by atoms with E-state index in [0.717, 1.165) is 6.42 Å². The summed E-state index contributed by atoms with van der Waals surface area (Å²) in [4.78, 5) is 11.2. The number of hydrogen-bond acceptors (Lipinski definition) is 3. The largest absolute Gasteiger partial charge is 0.444 e. The number of nitrogens with one attached hydrogen (secondary N) is 1. The van der Waals surface area contributed by atoms with Crippen LogP contribution in [0.2, 0.25) is 0 Å². The Morgan fingerprint density at radius 2 is 2.06 bits per heavy atom. The van der Waals surface area contributed by atoms with Crippen molar-refractivity contribution in [3.63, 3.8) is 0 Å². The van der Waals surface area contributed by atoms with Crippen LogP contribution in [-0.4, -0.2) is 31.5 Å². The molecule has 0 aromatic heterocycles. The zero-order valence-electron chi connectivity index (χ0n) is 10.7. The van der Waals surface area contributed by atoms with Crippen LogP contribution < -0.4 is 5.32 Å². The van der Waals surface area contributed by atoms with Gasteiger partial charge in [-0.15, -0.1) is 0 Å². The summed E-state index contributed by atoms with van der Waals surface area (Å²) in [5.41, 5.74) is -0.438. The maximum Gasteiger partial charge on any atom is 0.407 e. The molecule has 0 atom stereocenters. The molecule has 0 aromatic rings. The van der Waals surface area contributed by atoms with Gasteiger partial charge in [0, 0.05) is 13.2 Å². The first kappa shape index (κ1) is 15.0. The molecule has 0 spiro atoms. The molecule has 0 bridgehead atoms. The Hall–Kier alpha value is -1.03. The fourth-order valence-electron chi connectivity index (χ4n) is 0.926. The highest BCUT2D eigenvalue weighted by molar-refractivity contribution is 5.67. The van der Waals surface area contributed by atoms with Gasteiger partial charge in [-0.25, -0.2) is 4.79 Å². The highest BCUT2D eigenvalue weighted by Gasteiger charge is 2.15. The Morgan fingerprint density at radius 1 is 1.38 bits per heavy atom. The molecular weight excluding hydrogens is 206 g/mol. The SMILES string of the molecule is C/C=C\COCCCNC(=O)OC(C)(C)C. The minimum absolute atomic E-state index is 0.374. The molecule has 1 amide bonds. The van der Waals surface area contributed by atoms with Crippen molar-refractivity contribution >= 4 is 6.09 Å². The maximum atomic E-state index is 11.2. The van der Waals surface area contributed by atoms with E-state index in [9.17, 15) is 4.79 Å². The Kier molecular flexibility index (Phi) is 7.64. The lowest BCUT2D eigenvalue weighted by Crippen LogP contribution is -2.33. The summed E-state index contributed by atoms with van der Waals surface area (Å²) >= 11 is 0. The van der Waals surface area contributed by atoms with Crippen LogP contribution in [0.3, 0.4) is 0 Å². The van der Waals surface area contributed by atoms with Crippen LogP contribution in [0, 0.1) is 0 Å². The lowest BCUT2D eigenvalue weighted by Gasteiger charge is -2.19. The van der Waals surface area contributed by atoms with Gasteiger partial charge in [0.25, 0.3) is 0 Å². The van der Waals surface area contributed by atoms with E-state index < -0.39 is 5.60 Å². The molecule has 16 heavy (non-hydrogen) atoms. The molecule has 4 nitrogen and oxygen atoms in total. The summed E-state index contributed by atoms with van der Waals surface area (Å²) in [6.45, 7) is 9.31. The molecule has 0 rings (SSSR count). The lowest BCUT2D eigenvalue weighted by atomic mass is 10.2. The highest BCUT2D eigenvalue weighted by Crippen LogP contribution is 2.06. The van der Waals surface area contributed by atoms with Crippen molar-refractivity contribution in [1.29, 1.82) is 0 Å². The average Bonchev–Trinajstić information content (AvgIpc) is 2.13. The van der Waals surface area contributed by atoms with Gasteiger partial charge < -0.3 is 14.8 Å². The first-order valence-electron chi connectivity index (χ1n) is 5.61. The summed E-state index contributed by atoms with van der Waals surface area (Å²) in [6, 6.07) is 0. The molecule has 0 unspecified atom stereocenters. The van der Waals surface area contributed by atoms with Crippen molar-refractivity contribution < 1.29 is 14.3 Å². The van der Waals surface area contributed by atoms with E-state index in [1.807, 2.05) is 39.8 Å². The van der Waals surface area contributed by atoms with E-state index in [1.165, 1.54) is 0 Å². The Bertz CT molecular complexity index is 219. The van der Waals surface area contributed by atoms with Crippen molar-refractivity contribution in [3.8, 4) is 0 Å². The average molecular weight is 229 g/mol. The smallest absolute Gasteiger partial charge is 0.407 e. The molecule has 0 aromatic carbocycles. The van der Waals surface area contributed by atoms with Gasteiger partial charge in [-0.3, -0.25) is 0 Å². The second-order valence-electron chi connectivity index (χ2n) is 4.43. The van der Waals surface area contributed by atoms with Crippen LogP contribution in [0.15, 0.2) is 12.2 Å². The van der Waals surface area contributed by atoms with E-state index >= 15 is 0 Å². The lowest BCUT2D eigenvalue weighted by molar-refractivity contribution is 0.0522. The Labute approximate surface area is 98.0 Å². The molecule has 0 aliphatic heterocycles. The standard InChI is InChI=1S/C12H23NO3/c1-5-6-9-15-10-7-8-13-11(14)16-12(2,3)4/h5-6H,7-10H2,1-4H3,(H,13,14)/b6-5-. The van der Waals surface area contributed by atoms with Gasteiger partial charge in [-0.2, -0.15) is 0 Å². The number of carbonyl (C=O) groups excluding carboxylic acids is 1. The number of alkyl carbamates (subject to hydrolysis) is 1. The summed E-state index contributed by atoms with van der Waals surface area (Å²) in [7, 11) is 0. The predicted molar refractivity (Wildman–Crippen MR) is 64.5 cm³/mol. The van der Waals surface area contributed by atoms with Crippen LogP contribution in [0.25, 0.3) is 0 Å². The zero-order valence-corrected chi connectivity index (χ0v) is 10.7. The number of hydrogen-bond donors (Lipinski definition) is 1. The normalized spacial score (nSPS) is 11.8.